The molecule has 0 spiro atoms. The summed E-state index contributed by atoms with van der Waals surface area (Å²) in [6.07, 6.45) is 1.62. The highest BCUT2D eigenvalue weighted by molar-refractivity contribution is 7.99. The highest BCUT2D eigenvalue weighted by Crippen LogP contribution is 2.35. The van der Waals surface area contributed by atoms with Crippen LogP contribution in [0, 0.1) is 10.1 Å². The van der Waals surface area contributed by atoms with Crippen LogP contribution in [0.1, 0.15) is 0 Å². The smallest absolute Gasteiger partial charge is 0.358 e. The molecule has 11 heteroatoms. The van der Waals surface area contributed by atoms with Crippen LogP contribution < -0.4 is 0 Å². The van der Waals surface area contributed by atoms with Gasteiger partial charge in [-0.2, -0.15) is 14.1 Å². The Hall–Kier alpha value is -2.79. The van der Waals surface area contributed by atoms with Crippen molar-refractivity contribution < 1.29 is 4.92 Å². The van der Waals surface area contributed by atoms with E-state index in [4.69, 9.17) is 0 Å². The van der Waals surface area contributed by atoms with Gasteiger partial charge in [-0.05, 0) is 39.2 Å². The summed E-state index contributed by atoms with van der Waals surface area (Å²) in [5, 5.41) is 25.3. The van der Waals surface area contributed by atoms with E-state index in [0.29, 0.717) is 10.1 Å². The van der Waals surface area contributed by atoms with E-state index in [0.717, 1.165) is 17.4 Å². The van der Waals surface area contributed by atoms with Crippen molar-refractivity contribution in [2.45, 2.75) is 10.2 Å². The zero-order chi connectivity index (χ0) is 15.8. The molecule has 3 aromatic heterocycles. The van der Waals surface area contributed by atoms with E-state index in [2.05, 4.69) is 20.5 Å². The number of fused-ring (bicyclic) bond motifs is 1. The van der Waals surface area contributed by atoms with Crippen molar-refractivity contribution in [3.8, 4) is 5.69 Å². The van der Waals surface area contributed by atoms with Crippen molar-refractivity contribution in [2.75, 3.05) is 0 Å². The molecule has 0 saturated carbocycles. The van der Waals surface area contributed by atoms with E-state index in [-0.39, 0.29) is 10.8 Å². The maximum Gasteiger partial charge on any atom is 0.363 e. The number of thiazole rings is 1. The minimum absolute atomic E-state index is 0.0890. The van der Waals surface area contributed by atoms with Gasteiger partial charge in [0.1, 0.15) is 6.20 Å². The largest absolute Gasteiger partial charge is 0.363 e. The lowest BCUT2D eigenvalue weighted by Gasteiger charge is -2.02. The van der Waals surface area contributed by atoms with E-state index in [9.17, 15) is 10.1 Å². The zero-order valence-corrected chi connectivity index (χ0v) is 12.9. The summed E-state index contributed by atoms with van der Waals surface area (Å²) in [4.78, 5) is 15.8. The zero-order valence-electron chi connectivity index (χ0n) is 11.3. The average Bonchev–Trinajstić information content (AvgIpc) is 3.23. The summed E-state index contributed by atoms with van der Waals surface area (Å²) in [5.74, 6) is -0.0890. The van der Waals surface area contributed by atoms with Crippen molar-refractivity contribution in [3.63, 3.8) is 0 Å². The fourth-order valence-electron chi connectivity index (χ4n) is 2.05. The maximum absolute atomic E-state index is 11.4. The summed E-state index contributed by atoms with van der Waals surface area (Å²) in [6, 6.07) is 9.30. The van der Waals surface area contributed by atoms with Gasteiger partial charge >= 0.3 is 5.82 Å². The number of imidazole rings is 1. The van der Waals surface area contributed by atoms with Crippen LogP contribution in [0.4, 0.5) is 5.82 Å². The molecule has 1 aromatic carbocycles. The Morgan fingerprint density at radius 2 is 2.09 bits per heavy atom. The topological polar surface area (TPSA) is 104 Å². The van der Waals surface area contributed by atoms with Gasteiger partial charge in [-0.1, -0.05) is 29.5 Å². The quantitative estimate of drug-likeness (QED) is 0.413. The van der Waals surface area contributed by atoms with E-state index >= 15 is 0 Å². The fourth-order valence-corrected chi connectivity index (χ4v) is 3.69. The van der Waals surface area contributed by atoms with Crippen LogP contribution in [0.2, 0.25) is 0 Å². The van der Waals surface area contributed by atoms with E-state index < -0.39 is 4.92 Å². The van der Waals surface area contributed by atoms with Crippen LogP contribution in [0.15, 0.2) is 52.1 Å². The second-order valence-corrected chi connectivity index (χ2v) is 6.19. The molecule has 3 heterocycles. The number of rotatable bonds is 4. The molecule has 0 fully saturated rings. The summed E-state index contributed by atoms with van der Waals surface area (Å²) in [7, 11) is 0. The third kappa shape index (κ3) is 2.35. The second kappa shape index (κ2) is 5.44. The maximum atomic E-state index is 11.4. The van der Waals surface area contributed by atoms with Crippen LogP contribution >= 0.6 is 23.1 Å². The van der Waals surface area contributed by atoms with Crippen molar-refractivity contribution in [2.24, 2.45) is 0 Å². The van der Waals surface area contributed by atoms with Crippen LogP contribution in [0.25, 0.3) is 10.6 Å². The molecular weight excluding hydrogens is 338 g/mol. The van der Waals surface area contributed by atoms with Crippen LogP contribution in [0.5, 0.6) is 0 Å². The summed E-state index contributed by atoms with van der Waals surface area (Å²) in [6.45, 7) is 0. The average molecular weight is 345 g/mol. The molecule has 0 N–H and O–H groups in total. The van der Waals surface area contributed by atoms with Crippen LogP contribution in [0.3, 0.4) is 0 Å². The lowest BCUT2D eigenvalue weighted by molar-refractivity contribution is -0.393. The number of hydrogen-bond acceptors (Lipinski definition) is 8. The predicted octanol–water partition coefficient (Wildman–Crippen LogP) is 2.43. The number of nitrogens with zero attached hydrogens (tertiary/aromatic N) is 7. The van der Waals surface area contributed by atoms with E-state index in [1.807, 2.05) is 30.3 Å². The fraction of sp³-hybridized carbons (Fsp3) is 0. The molecule has 0 aliphatic rings. The van der Waals surface area contributed by atoms with Crippen LogP contribution in [-0.2, 0) is 0 Å². The molecule has 23 heavy (non-hydrogen) atoms. The number of hydrogen-bond donors (Lipinski definition) is 0. The first-order valence-corrected chi connectivity index (χ1v) is 8.05. The van der Waals surface area contributed by atoms with Gasteiger partial charge in [-0.25, -0.2) is 0 Å². The second-order valence-electron chi connectivity index (χ2n) is 4.36. The molecular formula is C12H7N7O2S2. The third-order valence-electron chi connectivity index (χ3n) is 3.01. The molecule has 0 atom stereocenters. The first-order valence-electron chi connectivity index (χ1n) is 6.35. The molecule has 0 bridgehead atoms. The molecule has 0 unspecified atom stereocenters. The first kappa shape index (κ1) is 13.8. The number of benzene rings is 1. The van der Waals surface area contributed by atoms with Gasteiger partial charge in [0.15, 0.2) is 0 Å². The Morgan fingerprint density at radius 1 is 1.26 bits per heavy atom. The van der Waals surface area contributed by atoms with Crippen molar-refractivity contribution in [1.29, 1.82) is 0 Å². The lowest BCUT2D eigenvalue weighted by Crippen LogP contribution is -1.99. The Bertz CT molecular complexity index is 991. The number of tetrazole rings is 1. The van der Waals surface area contributed by atoms with Gasteiger partial charge in [-0.3, -0.25) is 0 Å². The molecule has 0 radical (unpaired) electrons. The van der Waals surface area contributed by atoms with Gasteiger partial charge in [0.05, 0.1) is 5.69 Å². The van der Waals surface area contributed by atoms with Gasteiger partial charge in [0, 0.05) is 5.38 Å². The summed E-state index contributed by atoms with van der Waals surface area (Å²) < 4.78 is 2.96. The SMILES string of the molecule is O=[N+]([O-])c1c(Sc2nnnn2-c2ccccc2)nc2sccn12. The summed E-state index contributed by atoms with van der Waals surface area (Å²) >= 11 is 2.39. The van der Waals surface area contributed by atoms with E-state index in [1.54, 1.807) is 11.6 Å². The molecule has 0 amide bonds. The number of para-hydroxylation sites is 1. The van der Waals surface area contributed by atoms with Crippen molar-refractivity contribution in [1.82, 2.24) is 29.6 Å². The minimum atomic E-state index is -0.453. The molecule has 0 aliphatic heterocycles. The van der Waals surface area contributed by atoms with Gasteiger partial charge < -0.3 is 10.1 Å². The standard InChI is InChI=1S/C12H7N7O2S2/c20-19(21)10-9(13-11-17(10)6-7-22-11)23-12-14-15-16-18(12)8-4-2-1-3-5-8/h1-7H. The third-order valence-corrected chi connectivity index (χ3v) is 4.67. The van der Waals surface area contributed by atoms with Gasteiger partial charge in [-0.15, -0.1) is 5.10 Å². The molecule has 0 saturated heterocycles. The molecule has 0 aliphatic carbocycles. The summed E-state index contributed by atoms with van der Waals surface area (Å²) in [5.41, 5.74) is 0.767. The molecule has 4 aromatic rings. The lowest BCUT2D eigenvalue weighted by atomic mass is 10.3. The Kier molecular flexibility index (Phi) is 3.28. The Morgan fingerprint density at radius 3 is 2.87 bits per heavy atom. The van der Waals surface area contributed by atoms with Gasteiger partial charge in [0.25, 0.3) is 4.96 Å². The van der Waals surface area contributed by atoms with Crippen molar-refractivity contribution in [3.05, 3.63) is 52.0 Å². The molecule has 4 rings (SSSR count). The minimum Gasteiger partial charge on any atom is -0.358 e. The number of nitro groups is 1. The van der Waals surface area contributed by atoms with Gasteiger partial charge in [0.2, 0.25) is 10.2 Å². The Balaban J connectivity index is 1.78. The molecule has 9 nitrogen and oxygen atoms in total. The van der Waals surface area contributed by atoms with Crippen LogP contribution in [-0.4, -0.2) is 34.5 Å². The predicted molar refractivity (Wildman–Crippen MR) is 83.0 cm³/mol. The molecule has 114 valence electrons. The normalized spacial score (nSPS) is 11.1. The monoisotopic (exact) mass is 345 g/mol. The van der Waals surface area contributed by atoms with E-state index in [1.165, 1.54) is 20.4 Å². The highest BCUT2D eigenvalue weighted by Gasteiger charge is 2.26. The number of aromatic nitrogens is 6. The first-order chi connectivity index (χ1) is 11.2. The van der Waals surface area contributed by atoms with Crippen molar-refractivity contribution >= 4 is 33.9 Å². The highest BCUT2D eigenvalue weighted by atomic mass is 32.2. The Labute approximate surface area is 136 Å².